The first-order valence-corrected chi connectivity index (χ1v) is 19.2. The van der Waals surface area contributed by atoms with E-state index in [1.54, 1.807) is 37.1 Å². The van der Waals surface area contributed by atoms with E-state index >= 15 is 0 Å². The second-order valence-electron chi connectivity index (χ2n) is 14.1. The van der Waals surface area contributed by atoms with Gasteiger partial charge < -0.3 is 34.6 Å². The SMILES string of the molecule is CCC.CCC(C)C(C(CC(=O)N1CCCC1C(OC)C(C)C(=O)NCC(=O)OC)OC)N(C)C(=O)CNc1nccc(C(C)C)n1.Cc1ccccc1. The lowest BCUT2D eigenvalue weighted by molar-refractivity contribution is -0.146. The van der Waals surface area contributed by atoms with E-state index in [4.69, 9.17) is 9.47 Å². The summed E-state index contributed by atoms with van der Waals surface area (Å²) in [6.07, 6.45) is 4.07. The van der Waals surface area contributed by atoms with E-state index in [1.807, 2.05) is 52.0 Å². The minimum Gasteiger partial charge on any atom is -0.468 e. The van der Waals surface area contributed by atoms with Crippen molar-refractivity contribution in [3.63, 3.8) is 0 Å². The Kier molecular flexibility index (Phi) is 22.9. The summed E-state index contributed by atoms with van der Waals surface area (Å²) in [5, 5.41) is 5.61. The van der Waals surface area contributed by atoms with Crippen molar-refractivity contribution in [2.75, 3.05) is 53.3 Å². The predicted octanol–water partition coefficient (Wildman–Crippen LogP) is 5.63. The number of likely N-dealkylation sites (N-methyl/N-ethyl adjacent to an activating group) is 1. The van der Waals surface area contributed by atoms with Gasteiger partial charge in [0.15, 0.2) is 0 Å². The third-order valence-corrected chi connectivity index (χ3v) is 9.55. The third kappa shape index (κ3) is 15.7. The Morgan fingerprint density at radius 2 is 1.61 bits per heavy atom. The Bertz CT molecular complexity index is 1400. The summed E-state index contributed by atoms with van der Waals surface area (Å²) in [4.78, 5) is 63.6. The largest absolute Gasteiger partial charge is 0.468 e. The van der Waals surface area contributed by atoms with Crippen LogP contribution in [0.25, 0.3) is 0 Å². The zero-order valence-corrected chi connectivity index (χ0v) is 34.9. The summed E-state index contributed by atoms with van der Waals surface area (Å²) < 4.78 is 16.2. The first kappa shape index (κ1) is 47.9. The van der Waals surface area contributed by atoms with Crippen LogP contribution in [-0.4, -0.2) is 116 Å². The van der Waals surface area contributed by atoms with E-state index in [2.05, 4.69) is 58.2 Å². The number of rotatable bonds is 17. The Morgan fingerprint density at radius 1 is 0.963 bits per heavy atom. The van der Waals surface area contributed by atoms with Gasteiger partial charge in [-0.05, 0) is 37.7 Å². The molecule has 0 radical (unpaired) electrons. The number of nitrogens with zero attached hydrogens (tertiary/aromatic N) is 4. The van der Waals surface area contributed by atoms with E-state index in [-0.39, 0.29) is 61.2 Å². The standard InChI is InChI=1S/C31H52N6O7.C7H8.C3H8/c1-10-20(4)28(36(6)26(39)17-34-31-32-14-13-22(35-31)19(2)3)24(42-7)16-25(38)37-15-11-12-23(37)29(44-9)21(5)30(41)33-18-27(40)43-8;1-7-5-3-2-4-6-7;1-3-2/h13-14,19-21,23-24,28-29H,10-12,15-18H2,1-9H3,(H,33,41)(H,32,34,35);2-6H,1H3;3H2,1-2H3. The van der Waals surface area contributed by atoms with Crippen molar-refractivity contribution in [3.8, 4) is 0 Å². The maximum atomic E-state index is 13.8. The van der Waals surface area contributed by atoms with E-state index < -0.39 is 24.1 Å². The number of hydrogen-bond donors (Lipinski definition) is 2. The summed E-state index contributed by atoms with van der Waals surface area (Å²) >= 11 is 0. The number of amides is 3. The van der Waals surface area contributed by atoms with Crippen molar-refractivity contribution in [1.29, 1.82) is 0 Å². The summed E-state index contributed by atoms with van der Waals surface area (Å²) in [7, 11) is 6.06. The number of ether oxygens (including phenoxy) is 3. The predicted molar refractivity (Wildman–Crippen MR) is 213 cm³/mol. The molecule has 13 nitrogen and oxygen atoms in total. The highest BCUT2D eigenvalue weighted by Gasteiger charge is 2.42. The van der Waals surface area contributed by atoms with Crippen LogP contribution in [0, 0.1) is 18.8 Å². The molecule has 54 heavy (non-hydrogen) atoms. The molecule has 1 aromatic heterocycles. The van der Waals surface area contributed by atoms with Crippen LogP contribution in [0.5, 0.6) is 0 Å². The molecular weight excluding hydrogens is 688 g/mol. The fourth-order valence-electron chi connectivity index (χ4n) is 6.31. The van der Waals surface area contributed by atoms with Gasteiger partial charge in [-0.2, -0.15) is 0 Å². The van der Waals surface area contributed by atoms with Gasteiger partial charge >= 0.3 is 5.97 Å². The van der Waals surface area contributed by atoms with Crippen molar-refractivity contribution in [1.82, 2.24) is 25.1 Å². The normalized spacial score (nSPS) is 16.3. The first-order chi connectivity index (χ1) is 25.7. The molecule has 0 bridgehead atoms. The molecule has 1 aliphatic heterocycles. The second-order valence-corrected chi connectivity index (χ2v) is 14.1. The van der Waals surface area contributed by atoms with E-state index in [0.29, 0.717) is 18.9 Å². The Morgan fingerprint density at radius 3 is 2.13 bits per heavy atom. The molecule has 2 heterocycles. The number of esters is 1. The van der Waals surface area contributed by atoms with E-state index in [9.17, 15) is 19.2 Å². The summed E-state index contributed by atoms with van der Waals surface area (Å²) in [5.74, 6) is -1.17. The molecule has 13 heteroatoms. The molecule has 1 fully saturated rings. The third-order valence-electron chi connectivity index (χ3n) is 9.55. The van der Waals surface area contributed by atoms with Gasteiger partial charge in [-0.25, -0.2) is 9.97 Å². The topological polar surface area (TPSA) is 152 Å². The van der Waals surface area contributed by atoms with Crippen LogP contribution in [0.3, 0.4) is 0 Å². The molecule has 0 saturated carbocycles. The smallest absolute Gasteiger partial charge is 0.325 e. The molecule has 0 spiro atoms. The lowest BCUT2D eigenvalue weighted by Crippen LogP contribution is -2.54. The van der Waals surface area contributed by atoms with Gasteiger partial charge in [0.2, 0.25) is 23.7 Å². The number of anilines is 1. The van der Waals surface area contributed by atoms with Crippen LogP contribution in [0.1, 0.15) is 97.7 Å². The molecule has 6 unspecified atom stereocenters. The van der Waals surface area contributed by atoms with Gasteiger partial charge in [-0.1, -0.05) is 97.2 Å². The van der Waals surface area contributed by atoms with E-state index in [0.717, 1.165) is 18.5 Å². The fraction of sp³-hybridized carbons (Fsp3) is 0.659. The van der Waals surface area contributed by atoms with Crippen LogP contribution >= 0.6 is 0 Å². The number of carbonyl (C=O) groups is 4. The summed E-state index contributed by atoms with van der Waals surface area (Å²) in [6, 6.07) is 11.4. The summed E-state index contributed by atoms with van der Waals surface area (Å²) in [6.45, 7) is 16.5. The van der Waals surface area contributed by atoms with Crippen molar-refractivity contribution in [3.05, 3.63) is 53.9 Å². The second kappa shape index (κ2) is 25.8. The van der Waals surface area contributed by atoms with Crippen molar-refractivity contribution < 1.29 is 33.4 Å². The highest BCUT2D eigenvalue weighted by molar-refractivity contribution is 5.84. The molecule has 3 rings (SSSR count). The molecule has 1 aliphatic rings. The molecular formula is C41H68N6O7. The Balaban J connectivity index is 0.00000127. The zero-order valence-electron chi connectivity index (χ0n) is 34.9. The number of aryl methyl sites for hydroxylation is 1. The van der Waals surface area contributed by atoms with Crippen LogP contribution < -0.4 is 10.6 Å². The molecule has 1 saturated heterocycles. The molecule has 304 valence electrons. The van der Waals surface area contributed by atoms with Crippen LogP contribution in [0.4, 0.5) is 5.95 Å². The Hall–Kier alpha value is -4.10. The molecule has 0 aliphatic carbocycles. The van der Waals surface area contributed by atoms with Gasteiger partial charge in [0.25, 0.3) is 0 Å². The van der Waals surface area contributed by atoms with Crippen molar-refractivity contribution in [2.24, 2.45) is 11.8 Å². The van der Waals surface area contributed by atoms with Gasteiger partial charge in [-0.15, -0.1) is 0 Å². The number of likely N-dealkylation sites (tertiary alicyclic amines) is 1. The van der Waals surface area contributed by atoms with Gasteiger partial charge in [0.1, 0.15) is 6.54 Å². The number of methoxy groups -OCH3 is 3. The molecule has 6 atom stereocenters. The molecule has 2 N–H and O–H groups in total. The Labute approximate surface area is 324 Å². The van der Waals surface area contributed by atoms with Gasteiger partial charge in [0.05, 0.1) is 50.3 Å². The molecule has 1 aromatic carbocycles. The average Bonchev–Trinajstić information content (AvgIpc) is 3.66. The van der Waals surface area contributed by atoms with Gasteiger partial charge in [-0.3, -0.25) is 19.2 Å². The van der Waals surface area contributed by atoms with Gasteiger partial charge in [0, 0.05) is 39.7 Å². The average molecular weight is 757 g/mol. The van der Waals surface area contributed by atoms with Crippen molar-refractivity contribution >= 4 is 29.6 Å². The van der Waals surface area contributed by atoms with Crippen LogP contribution in [0.15, 0.2) is 42.6 Å². The number of carbonyl (C=O) groups excluding carboxylic acids is 4. The quantitative estimate of drug-likeness (QED) is 0.194. The number of aromatic nitrogens is 2. The number of hydrogen-bond acceptors (Lipinski definition) is 10. The minimum absolute atomic E-state index is 0.00495. The fourth-order valence-corrected chi connectivity index (χ4v) is 6.31. The van der Waals surface area contributed by atoms with E-state index in [1.165, 1.54) is 26.2 Å². The number of nitrogens with one attached hydrogen (secondary N) is 2. The first-order valence-electron chi connectivity index (χ1n) is 19.2. The monoisotopic (exact) mass is 757 g/mol. The lowest BCUT2D eigenvalue weighted by Gasteiger charge is -2.39. The molecule has 3 amide bonds. The lowest BCUT2D eigenvalue weighted by atomic mass is 9.90. The highest BCUT2D eigenvalue weighted by atomic mass is 16.5. The highest BCUT2D eigenvalue weighted by Crippen LogP contribution is 2.29. The molecule has 2 aromatic rings. The van der Waals surface area contributed by atoms with Crippen LogP contribution in [0.2, 0.25) is 0 Å². The maximum absolute atomic E-state index is 13.8. The maximum Gasteiger partial charge on any atom is 0.325 e. The van der Waals surface area contributed by atoms with Crippen LogP contribution in [-0.2, 0) is 33.4 Å². The summed E-state index contributed by atoms with van der Waals surface area (Å²) in [5.41, 5.74) is 2.20. The zero-order chi connectivity index (χ0) is 40.8. The van der Waals surface area contributed by atoms with Crippen molar-refractivity contribution in [2.45, 2.75) is 118 Å². The number of benzene rings is 1. The minimum atomic E-state index is -0.615.